The molecule has 0 spiro atoms. The molecule has 0 bridgehead atoms. The van der Waals surface area contributed by atoms with Gasteiger partial charge in [-0.15, -0.1) is 0 Å². The second kappa shape index (κ2) is 11.1. The summed E-state index contributed by atoms with van der Waals surface area (Å²) in [6.07, 6.45) is 5.26. The number of pyridine rings is 1. The summed E-state index contributed by atoms with van der Waals surface area (Å²) in [6.45, 7) is 0.476. The maximum Gasteiger partial charge on any atom is 0.240 e. The number of benzene rings is 1. The van der Waals surface area contributed by atoms with Gasteiger partial charge in [-0.1, -0.05) is 60.8 Å². The van der Waals surface area contributed by atoms with Crippen LogP contribution in [0.25, 0.3) is 10.3 Å². The quantitative estimate of drug-likeness (QED) is 0.298. The predicted octanol–water partition coefficient (Wildman–Crippen LogP) is 4.57. The van der Waals surface area contributed by atoms with Crippen molar-refractivity contribution in [1.82, 2.24) is 14.7 Å². The lowest BCUT2D eigenvalue weighted by atomic mass is 9.87. The van der Waals surface area contributed by atoms with Crippen LogP contribution >= 0.6 is 22.9 Å². The van der Waals surface area contributed by atoms with Gasteiger partial charge in [0.05, 0.1) is 17.4 Å². The third kappa shape index (κ3) is 6.11. The Morgan fingerprint density at radius 1 is 1.18 bits per heavy atom. The van der Waals surface area contributed by atoms with E-state index >= 15 is 0 Å². The third-order valence-corrected chi connectivity index (χ3v) is 8.57. The van der Waals surface area contributed by atoms with Crippen molar-refractivity contribution in [3.05, 3.63) is 47.1 Å². The molecule has 0 radical (unpaired) electrons. The number of halogens is 1. The molecule has 0 saturated heterocycles. The van der Waals surface area contributed by atoms with E-state index in [1.165, 1.54) is 31.3 Å². The van der Waals surface area contributed by atoms with Crippen molar-refractivity contribution in [2.75, 3.05) is 25.6 Å². The van der Waals surface area contributed by atoms with Crippen LogP contribution in [0.2, 0.25) is 5.15 Å². The molecule has 2 aromatic heterocycles. The molecule has 0 aliphatic heterocycles. The lowest BCUT2D eigenvalue weighted by Crippen LogP contribution is -2.27. The number of carbonyl (C=O) groups is 1. The summed E-state index contributed by atoms with van der Waals surface area (Å²) in [6, 6.07) is 9.98. The standard InChI is InChI=1S/C23H27ClN4O4S2/c1-32-13-12-25-34(30,31)17-8-6-16(7-9-17)18(14-15-4-2-3-5-15)21(29)28-23-26-19-10-11-20(24)27-22(19)33-23/h6-11,15,18,25H,2-5,12-14H2,1H3,(H,26,28,29)/t18-/m1/s1. The van der Waals surface area contributed by atoms with E-state index in [0.29, 0.717) is 33.0 Å². The minimum Gasteiger partial charge on any atom is -0.383 e. The molecule has 2 N–H and O–H groups in total. The zero-order chi connectivity index (χ0) is 24.1. The van der Waals surface area contributed by atoms with Gasteiger partial charge in [0.15, 0.2) is 5.13 Å². The third-order valence-electron chi connectivity index (χ3n) is 6.00. The monoisotopic (exact) mass is 522 g/mol. The highest BCUT2D eigenvalue weighted by Gasteiger charge is 2.28. The Morgan fingerprint density at radius 2 is 1.91 bits per heavy atom. The summed E-state index contributed by atoms with van der Waals surface area (Å²) in [5.74, 6) is -0.110. The molecule has 2 heterocycles. The zero-order valence-electron chi connectivity index (χ0n) is 18.8. The van der Waals surface area contributed by atoms with Crippen molar-refractivity contribution in [1.29, 1.82) is 0 Å². The highest BCUT2D eigenvalue weighted by atomic mass is 35.5. The number of sulfonamides is 1. The minimum atomic E-state index is -3.64. The number of hydrogen-bond donors (Lipinski definition) is 2. The van der Waals surface area contributed by atoms with Gasteiger partial charge in [-0.3, -0.25) is 4.79 Å². The topological polar surface area (TPSA) is 110 Å². The lowest BCUT2D eigenvalue weighted by molar-refractivity contribution is -0.118. The van der Waals surface area contributed by atoms with Crippen LogP contribution in [0.4, 0.5) is 5.13 Å². The summed E-state index contributed by atoms with van der Waals surface area (Å²) in [7, 11) is -2.13. The number of methoxy groups -OCH3 is 1. The number of thiazole rings is 1. The van der Waals surface area contributed by atoms with Crippen LogP contribution in [-0.2, 0) is 19.6 Å². The Morgan fingerprint density at radius 3 is 2.62 bits per heavy atom. The number of rotatable bonds is 10. The molecule has 4 rings (SSSR count). The van der Waals surface area contributed by atoms with E-state index in [4.69, 9.17) is 16.3 Å². The summed E-state index contributed by atoms with van der Waals surface area (Å²) in [5.41, 5.74) is 1.45. The molecule has 8 nitrogen and oxygen atoms in total. The molecular weight excluding hydrogens is 496 g/mol. The number of anilines is 1. The lowest BCUT2D eigenvalue weighted by Gasteiger charge is -2.20. The first-order chi connectivity index (χ1) is 16.4. The van der Waals surface area contributed by atoms with Gasteiger partial charge < -0.3 is 10.1 Å². The van der Waals surface area contributed by atoms with Crippen molar-refractivity contribution >= 4 is 54.3 Å². The van der Waals surface area contributed by atoms with Crippen molar-refractivity contribution in [2.45, 2.75) is 42.9 Å². The van der Waals surface area contributed by atoms with Crippen LogP contribution in [0.3, 0.4) is 0 Å². The number of amides is 1. The van der Waals surface area contributed by atoms with E-state index in [0.717, 1.165) is 18.4 Å². The fourth-order valence-corrected chi connectivity index (χ4v) is 6.31. The molecular formula is C23H27ClN4O4S2. The van der Waals surface area contributed by atoms with Gasteiger partial charge in [0, 0.05) is 13.7 Å². The molecule has 1 atom stereocenters. The zero-order valence-corrected chi connectivity index (χ0v) is 21.2. The van der Waals surface area contributed by atoms with Crippen LogP contribution in [0.15, 0.2) is 41.3 Å². The van der Waals surface area contributed by atoms with Gasteiger partial charge in [0.25, 0.3) is 0 Å². The van der Waals surface area contributed by atoms with E-state index in [1.54, 1.807) is 36.4 Å². The molecule has 1 saturated carbocycles. The first kappa shape index (κ1) is 25.0. The Labute approximate surface area is 208 Å². The Kier molecular flexibility index (Phi) is 8.15. The number of carbonyl (C=O) groups excluding carboxylic acids is 1. The van der Waals surface area contributed by atoms with Gasteiger partial charge >= 0.3 is 0 Å². The fourth-order valence-electron chi connectivity index (χ4n) is 4.26. The van der Waals surface area contributed by atoms with Gasteiger partial charge in [-0.05, 0) is 42.2 Å². The maximum absolute atomic E-state index is 13.4. The number of aromatic nitrogens is 2. The largest absolute Gasteiger partial charge is 0.383 e. The van der Waals surface area contributed by atoms with Crippen LogP contribution in [0.1, 0.15) is 43.6 Å². The predicted molar refractivity (Wildman–Crippen MR) is 134 cm³/mol. The van der Waals surface area contributed by atoms with Gasteiger partial charge in [-0.2, -0.15) is 0 Å². The molecule has 182 valence electrons. The molecule has 3 aromatic rings. The van der Waals surface area contributed by atoms with E-state index in [-0.39, 0.29) is 24.0 Å². The van der Waals surface area contributed by atoms with E-state index in [1.807, 2.05) is 0 Å². The number of nitrogens with one attached hydrogen (secondary N) is 2. The van der Waals surface area contributed by atoms with E-state index in [2.05, 4.69) is 20.0 Å². The molecule has 1 aromatic carbocycles. The first-order valence-electron chi connectivity index (χ1n) is 11.2. The minimum absolute atomic E-state index is 0.154. The maximum atomic E-state index is 13.4. The summed E-state index contributed by atoms with van der Waals surface area (Å²) >= 11 is 7.24. The number of fused-ring (bicyclic) bond motifs is 1. The molecule has 0 unspecified atom stereocenters. The Balaban J connectivity index is 1.54. The molecule has 34 heavy (non-hydrogen) atoms. The van der Waals surface area contributed by atoms with Crippen molar-refractivity contribution in [3.63, 3.8) is 0 Å². The second-order valence-electron chi connectivity index (χ2n) is 8.36. The fraction of sp³-hybridized carbons (Fsp3) is 0.435. The summed E-state index contributed by atoms with van der Waals surface area (Å²) in [4.78, 5) is 22.9. The van der Waals surface area contributed by atoms with E-state index in [9.17, 15) is 13.2 Å². The Bertz CT molecular complexity index is 1240. The smallest absolute Gasteiger partial charge is 0.240 e. The van der Waals surface area contributed by atoms with Crippen LogP contribution in [0.5, 0.6) is 0 Å². The second-order valence-corrected chi connectivity index (χ2v) is 11.5. The highest BCUT2D eigenvalue weighted by molar-refractivity contribution is 7.89. The molecule has 1 aliphatic carbocycles. The number of nitrogens with zero attached hydrogens (tertiary/aromatic N) is 2. The average molecular weight is 523 g/mol. The van der Waals surface area contributed by atoms with Crippen LogP contribution in [-0.4, -0.2) is 44.6 Å². The van der Waals surface area contributed by atoms with Crippen molar-refractivity contribution in [2.24, 2.45) is 5.92 Å². The summed E-state index contributed by atoms with van der Waals surface area (Å²) in [5, 5.41) is 3.78. The average Bonchev–Trinajstić information content (AvgIpc) is 3.46. The van der Waals surface area contributed by atoms with Crippen molar-refractivity contribution < 1.29 is 17.9 Å². The van der Waals surface area contributed by atoms with Crippen LogP contribution in [0, 0.1) is 5.92 Å². The van der Waals surface area contributed by atoms with Gasteiger partial charge in [0.2, 0.25) is 15.9 Å². The molecule has 1 aliphatic rings. The molecule has 11 heteroatoms. The van der Waals surface area contributed by atoms with Crippen LogP contribution < -0.4 is 10.0 Å². The molecule has 1 amide bonds. The van der Waals surface area contributed by atoms with E-state index < -0.39 is 15.9 Å². The van der Waals surface area contributed by atoms with Crippen molar-refractivity contribution in [3.8, 4) is 0 Å². The molecule has 1 fully saturated rings. The SMILES string of the molecule is COCCNS(=O)(=O)c1ccc([C@@H](CC2CCCC2)C(=O)Nc2nc3ccc(Cl)nc3s2)cc1. The number of hydrogen-bond acceptors (Lipinski definition) is 7. The highest BCUT2D eigenvalue weighted by Crippen LogP contribution is 2.36. The Hall–Kier alpha value is -2.11. The number of ether oxygens (including phenoxy) is 1. The summed E-state index contributed by atoms with van der Waals surface area (Å²) < 4.78 is 32.4. The van der Waals surface area contributed by atoms with Gasteiger partial charge in [0.1, 0.15) is 15.5 Å². The first-order valence-corrected chi connectivity index (χ1v) is 13.9. The van der Waals surface area contributed by atoms with Gasteiger partial charge in [-0.25, -0.2) is 23.1 Å². The normalized spacial score (nSPS) is 15.6.